The maximum Gasteiger partial charge on any atom is 0.306 e. The monoisotopic (exact) mass is 869 g/mol. The third-order valence-electron chi connectivity index (χ3n) is 12.6. The highest BCUT2D eigenvalue weighted by atomic mass is 16.5. The van der Waals surface area contributed by atoms with E-state index in [2.05, 4.69) is 47.1 Å². The normalized spacial score (nSPS) is 12.0. The lowest BCUT2D eigenvalue weighted by atomic mass is 10.0. The summed E-state index contributed by atoms with van der Waals surface area (Å²) in [5.41, 5.74) is 1.93. The number of unbranched alkanes of at least 4 members (excludes halogenated alkanes) is 24. The van der Waals surface area contributed by atoms with Gasteiger partial charge in [-0.25, -0.2) is 9.97 Å². The Morgan fingerprint density at radius 1 is 0.613 bits per heavy atom. The number of aromatic nitrogens is 3. The van der Waals surface area contributed by atoms with Crippen LogP contribution < -0.4 is 0 Å². The smallest absolute Gasteiger partial charge is 0.306 e. The molecule has 0 fully saturated rings. The average molecular weight is 869 g/mol. The van der Waals surface area contributed by atoms with Crippen LogP contribution in [0.5, 0.6) is 0 Å². The van der Waals surface area contributed by atoms with Crippen molar-refractivity contribution in [1.82, 2.24) is 19.4 Å². The van der Waals surface area contributed by atoms with Crippen molar-refractivity contribution in [2.24, 2.45) is 0 Å². The van der Waals surface area contributed by atoms with Crippen LogP contribution in [0.4, 0.5) is 0 Å². The fourth-order valence-electron chi connectivity index (χ4n) is 8.52. The Morgan fingerprint density at radius 3 is 1.63 bits per heavy atom. The Balaban J connectivity index is 0.000000848. The molecule has 2 aromatic rings. The van der Waals surface area contributed by atoms with E-state index in [4.69, 9.17) is 9.47 Å². The number of esters is 1. The van der Waals surface area contributed by atoms with Crippen LogP contribution in [0.15, 0.2) is 24.7 Å². The first kappa shape index (κ1) is 57.7. The third-order valence-corrected chi connectivity index (χ3v) is 12.6. The number of imidazole rings is 1. The summed E-state index contributed by atoms with van der Waals surface area (Å²) in [6.45, 7) is 13.2. The number of nitrogens with zero attached hydrogens (tertiary/aromatic N) is 4. The third kappa shape index (κ3) is 33.2. The van der Waals surface area contributed by atoms with E-state index in [0.717, 1.165) is 88.6 Å². The van der Waals surface area contributed by atoms with Crippen molar-refractivity contribution in [3.8, 4) is 0 Å². The van der Waals surface area contributed by atoms with E-state index in [-0.39, 0.29) is 12.1 Å². The van der Waals surface area contributed by atoms with Gasteiger partial charge in [-0.3, -0.25) is 4.79 Å². The zero-order valence-corrected chi connectivity index (χ0v) is 41.5. The predicted molar refractivity (Wildman–Crippen MR) is 265 cm³/mol. The Bertz CT molecular complexity index is 1240. The van der Waals surface area contributed by atoms with Crippen LogP contribution in [-0.2, 0) is 25.6 Å². The molecule has 1 atom stereocenters. The molecule has 0 radical (unpaired) electrons. The van der Waals surface area contributed by atoms with Crippen molar-refractivity contribution >= 4 is 23.4 Å². The Hall–Kier alpha value is -2.32. The molecule has 62 heavy (non-hydrogen) atoms. The molecule has 0 saturated carbocycles. The summed E-state index contributed by atoms with van der Waals surface area (Å²) in [4.78, 5) is 34.5. The maximum atomic E-state index is 12.4. The van der Waals surface area contributed by atoms with Crippen molar-refractivity contribution in [3.05, 3.63) is 24.7 Å². The number of carbonyl (C=O) groups is 2. The van der Waals surface area contributed by atoms with E-state index in [1.54, 1.807) is 0 Å². The first-order valence-corrected chi connectivity index (χ1v) is 26.7. The second kappa shape index (κ2) is 43.9. The summed E-state index contributed by atoms with van der Waals surface area (Å²) >= 11 is 0. The zero-order valence-electron chi connectivity index (χ0n) is 41.5. The van der Waals surface area contributed by atoms with Crippen LogP contribution in [0, 0.1) is 0 Å². The Kier molecular flexibility index (Phi) is 40.9. The van der Waals surface area contributed by atoms with E-state index in [1.807, 2.05) is 31.8 Å². The molecule has 0 aromatic carbocycles. The number of fused-ring (bicyclic) bond motifs is 1. The van der Waals surface area contributed by atoms with Gasteiger partial charge in [-0.05, 0) is 96.0 Å². The van der Waals surface area contributed by atoms with Crippen molar-refractivity contribution in [2.45, 2.75) is 271 Å². The predicted octanol–water partition coefficient (Wildman–Crippen LogP) is 15.6. The Morgan fingerprint density at radius 2 is 1.10 bits per heavy atom. The highest BCUT2D eigenvalue weighted by molar-refractivity contribution is 5.70. The second-order valence-electron chi connectivity index (χ2n) is 18.3. The first-order valence-electron chi connectivity index (χ1n) is 26.7. The minimum absolute atomic E-state index is 0.00367. The molecule has 0 N–H and O–H groups in total. The van der Waals surface area contributed by atoms with Gasteiger partial charge in [-0.1, -0.05) is 175 Å². The molecule has 360 valence electrons. The number of aldehydes is 1. The highest BCUT2D eigenvalue weighted by Crippen LogP contribution is 2.18. The summed E-state index contributed by atoms with van der Waals surface area (Å²) in [6.07, 6.45) is 48.1. The number of ether oxygens (including phenoxy) is 2. The minimum atomic E-state index is -0.00367. The van der Waals surface area contributed by atoms with Gasteiger partial charge in [0.25, 0.3) is 0 Å². The number of rotatable bonds is 44. The summed E-state index contributed by atoms with van der Waals surface area (Å²) in [7, 11) is 1.89. The molecule has 8 heteroatoms. The lowest BCUT2D eigenvalue weighted by Gasteiger charge is -2.22. The first-order chi connectivity index (χ1) is 30.5. The molecule has 1 unspecified atom stereocenters. The summed E-state index contributed by atoms with van der Waals surface area (Å²) in [6, 6.07) is 3.95. The molecule has 0 amide bonds. The van der Waals surface area contributed by atoms with Gasteiger partial charge in [0, 0.05) is 32.7 Å². The second-order valence-corrected chi connectivity index (χ2v) is 18.3. The molecular formula is C54H100N4O4. The molecule has 0 aliphatic carbocycles. The molecule has 2 heterocycles. The maximum absolute atomic E-state index is 12.4. The number of hydrogen-bond donors (Lipinski definition) is 0. The van der Waals surface area contributed by atoms with Crippen LogP contribution in [-0.4, -0.2) is 70.6 Å². The van der Waals surface area contributed by atoms with Gasteiger partial charge in [0.05, 0.1) is 12.4 Å². The van der Waals surface area contributed by atoms with Gasteiger partial charge in [0.2, 0.25) is 0 Å². The van der Waals surface area contributed by atoms with Crippen molar-refractivity contribution in [2.75, 3.05) is 26.7 Å². The molecule has 0 aliphatic rings. The topological polar surface area (TPSA) is 86.6 Å². The molecule has 0 aliphatic heterocycles. The Labute approximate surface area is 383 Å². The largest absolute Gasteiger partial charge is 0.462 e. The lowest BCUT2D eigenvalue weighted by molar-refractivity contribution is -0.149. The average Bonchev–Trinajstić information content (AvgIpc) is 3.70. The lowest BCUT2D eigenvalue weighted by Crippen LogP contribution is -2.28. The molecule has 8 nitrogen and oxygen atoms in total. The number of methoxy groups -OCH3 is 1. The van der Waals surface area contributed by atoms with Gasteiger partial charge >= 0.3 is 5.97 Å². The summed E-state index contributed by atoms with van der Waals surface area (Å²) in [5, 5.41) is 0. The van der Waals surface area contributed by atoms with Crippen LogP contribution in [0.1, 0.15) is 252 Å². The van der Waals surface area contributed by atoms with Gasteiger partial charge in [-0.15, -0.1) is 0 Å². The van der Waals surface area contributed by atoms with E-state index in [9.17, 15) is 9.59 Å². The van der Waals surface area contributed by atoms with E-state index >= 15 is 0 Å². The highest BCUT2D eigenvalue weighted by Gasteiger charge is 2.13. The van der Waals surface area contributed by atoms with Gasteiger partial charge in [0.1, 0.15) is 17.9 Å². The van der Waals surface area contributed by atoms with Crippen LogP contribution >= 0.6 is 0 Å². The fraction of sp³-hybridized carbons (Fsp3) is 0.852. The van der Waals surface area contributed by atoms with Gasteiger partial charge in [-0.2, -0.15) is 0 Å². The fourth-order valence-corrected chi connectivity index (χ4v) is 8.52. The van der Waals surface area contributed by atoms with Crippen LogP contribution in [0.25, 0.3) is 11.2 Å². The summed E-state index contributed by atoms with van der Waals surface area (Å²) in [5.74, 6) is -0.00367. The molecule has 0 saturated heterocycles. The summed E-state index contributed by atoms with van der Waals surface area (Å²) < 4.78 is 13.6. The standard InChI is InChI=1S/C36H62N4O3.C18H38O/c1-3-5-6-7-11-16-23-33(4-2)43-35(42)25-17-12-10-14-19-28-39(27-18-13-8-9-15-20-31-41)29-22-30-40-32-38-34-24-21-26-37-36(34)40;1-4-6-8-10-12-14-16-18(19-3)17-15-13-11-9-7-5-2/h21,24,26,31-33H,3-20,22-23,25,27-30H2,1-2H3;18H,4-17H2,1-3H3. The van der Waals surface area contributed by atoms with Crippen LogP contribution in [0.2, 0.25) is 0 Å². The molecule has 0 spiro atoms. The van der Waals surface area contributed by atoms with E-state index < -0.39 is 0 Å². The van der Waals surface area contributed by atoms with E-state index in [0.29, 0.717) is 18.9 Å². The van der Waals surface area contributed by atoms with Crippen molar-refractivity contribution < 1.29 is 19.1 Å². The number of aryl methyl sites for hydroxylation is 1. The van der Waals surface area contributed by atoms with Gasteiger partial charge in [0.15, 0.2) is 5.65 Å². The minimum Gasteiger partial charge on any atom is -0.462 e. The number of pyridine rings is 1. The van der Waals surface area contributed by atoms with Crippen molar-refractivity contribution in [1.29, 1.82) is 0 Å². The quantitative estimate of drug-likeness (QED) is 0.0372. The molecule has 2 aromatic heterocycles. The zero-order chi connectivity index (χ0) is 45.0. The SMILES string of the molecule is CCCCCCCCC(CC)OC(=O)CCCCCCCN(CCCCCCCC=O)CCCn1cnc2cccnc21.CCCCCCCCC(CCCCCCCC)OC. The number of carbonyl (C=O) groups excluding carboxylic acids is 2. The number of hydrogen-bond acceptors (Lipinski definition) is 7. The van der Waals surface area contributed by atoms with Crippen LogP contribution in [0.3, 0.4) is 0 Å². The van der Waals surface area contributed by atoms with E-state index in [1.165, 1.54) is 167 Å². The van der Waals surface area contributed by atoms with Crippen molar-refractivity contribution in [3.63, 3.8) is 0 Å². The molecular weight excluding hydrogens is 769 g/mol. The molecule has 0 bridgehead atoms. The molecule has 2 rings (SSSR count). The van der Waals surface area contributed by atoms with Gasteiger partial charge < -0.3 is 23.7 Å².